The summed E-state index contributed by atoms with van der Waals surface area (Å²) in [6, 6.07) is 5.95. The number of methoxy groups -OCH3 is 1. The van der Waals surface area contributed by atoms with Crippen LogP contribution in [0.4, 0.5) is 0 Å². The van der Waals surface area contributed by atoms with Gasteiger partial charge < -0.3 is 14.2 Å². The van der Waals surface area contributed by atoms with E-state index in [2.05, 4.69) is 0 Å². The molecule has 0 aliphatic carbocycles. The normalized spacial score (nSPS) is 25.6. The summed E-state index contributed by atoms with van der Waals surface area (Å²) in [6.45, 7) is 3.88. The Morgan fingerprint density at radius 1 is 1.29 bits per heavy atom. The van der Waals surface area contributed by atoms with Gasteiger partial charge in [-0.3, -0.25) is 0 Å². The van der Waals surface area contributed by atoms with Gasteiger partial charge in [-0.25, -0.2) is 0 Å². The number of hydrogen-bond acceptors (Lipinski definition) is 3. The van der Waals surface area contributed by atoms with Crippen LogP contribution in [-0.2, 0) is 9.47 Å². The van der Waals surface area contributed by atoms with E-state index in [1.165, 1.54) is 0 Å². The van der Waals surface area contributed by atoms with Crippen molar-refractivity contribution in [2.24, 2.45) is 0 Å². The van der Waals surface area contributed by atoms with Crippen LogP contribution in [0.25, 0.3) is 0 Å². The van der Waals surface area contributed by atoms with Crippen molar-refractivity contribution in [3.63, 3.8) is 0 Å². The molecule has 0 spiro atoms. The van der Waals surface area contributed by atoms with Crippen LogP contribution in [0.3, 0.4) is 0 Å². The van der Waals surface area contributed by atoms with Gasteiger partial charge in [-0.15, -0.1) is 0 Å². The van der Waals surface area contributed by atoms with Crippen LogP contribution in [0.5, 0.6) is 5.75 Å². The maximum atomic E-state index is 5.39. The maximum absolute atomic E-state index is 5.39. The molecule has 1 aliphatic rings. The Morgan fingerprint density at radius 3 is 2.57 bits per heavy atom. The largest absolute Gasteiger partial charge is 0.496 e. The summed E-state index contributed by atoms with van der Waals surface area (Å²) < 4.78 is 16.0. The van der Waals surface area contributed by atoms with Gasteiger partial charge in [0.25, 0.3) is 0 Å². The van der Waals surface area contributed by atoms with Gasteiger partial charge in [0.15, 0.2) is 12.6 Å². The lowest BCUT2D eigenvalue weighted by molar-refractivity contribution is -0.382. The fourth-order valence-electron chi connectivity index (χ4n) is 1.50. The van der Waals surface area contributed by atoms with Gasteiger partial charge in [-0.2, -0.15) is 0 Å². The Labute approximate surface area is 83.6 Å². The summed E-state index contributed by atoms with van der Waals surface area (Å²) in [5, 5.41) is 0. The first-order chi connectivity index (χ1) is 6.70. The molecule has 0 N–H and O–H groups in total. The maximum Gasteiger partial charge on any atom is 0.189 e. The minimum absolute atomic E-state index is 0.0905. The zero-order valence-corrected chi connectivity index (χ0v) is 8.61. The third-order valence-electron chi connectivity index (χ3n) is 2.33. The highest BCUT2D eigenvalue weighted by Gasteiger charge is 2.28. The van der Waals surface area contributed by atoms with Crippen molar-refractivity contribution in [2.75, 3.05) is 7.11 Å². The van der Waals surface area contributed by atoms with Crippen LogP contribution in [0, 0.1) is 6.92 Å². The van der Waals surface area contributed by atoms with Gasteiger partial charge in [0.05, 0.1) is 7.11 Å². The van der Waals surface area contributed by atoms with Crippen LogP contribution in [0.2, 0.25) is 0 Å². The van der Waals surface area contributed by atoms with Gasteiger partial charge in [-0.05, 0) is 25.5 Å². The lowest BCUT2D eigenvalue weighted by Gasteiger charge is -2.34. The molecule has 0 saturated carbocycles. The van der Waals surface area contributed by atoms with Crippen molar-refractivity contribution >= 4 is 0 Å². The highest BCUT2D eigenvalue weighted by Crippen LogP contribution is 2.33. The summed E-state index contributed by atoms with van der Waals surface area (Å²) in [5.41, 5.74) is 2.12. The molecule has 1 aromatic rings. The molecule has 0 atom stereocenters. The fraction of sp³-hybridized carbons (Fsp3) is 0.455. The van der Waals surface area contributed by atoms with E-state index < -0.39 is 0 Å². The number of rotatable bonds is 2. The Morgan fingerprint density at radius 2 is 2.00 bits per heavy atom. The smallest absolute Gasteiger partial charge is 0.189 e. The highest BCUT2D eigenvalue weighted by molar-refractivity contribution is 5.37. The van der Waals surface area contributed by atoms with Crippen molar-refractivity contribution in [3.8, 4) is 5.75 Å². The average molecular weight is 194 g/mol. The first kappa shape index (κ1) is 9.49. The van der Waals surface area contributed by atoms with Gasteiger partial charge in [0, 0.05) is 5.56 Å². The van der Waals surface area contributed by atoms with Crippen molar-refractivity contribution in [3.05, 3.63) is 29.3 Å². The quantitative estimate of drug-likeness (QED) is 0.723. The van der Waals surface area contributed by atoms with E-state index in [9.17, 15) is 0 Å². The molecular weight excluding hydrogens is 180 g/mol. The standard InChI is InChI=1S/C11H14O3/c1-7-4-5-9(6-10(7)12-3)11-13-8(2)14-11/h4-6,8,11H,1-3H3. The lowest BCUT2D eigenvalue weighted by atomic mass is 10.1. The molecule has 2 rings (SSSR count). The fourth-order valence-corrected chi connectivity index (χ4v) is 1.50. The first-order valence-electron chi connectivity index (χ1n) is 4.66. The molecule has 0 amide bonds. The second-order valence-corrected chi connectivity index (χ2v) is 3.40. The average Bonchev–Trinajstić information content (AvgIpc) is 2.14. The molecule has 0 unspecified atom stereocenters. The zero-order chi connectivity index (χ0) is 10.1. The Kier molecular flexibility index (Phi) is 2.44. The van der Waals surface area contributed by atoms with Crippen molar-refractivity contribution < 1.29 is 14.2 Å². The summed E-state index contributed by atoms with van der Waals surface area (Å²) in [6.07, 6.45) is -0.313. The monoisotopic (exact) mass is 194 g/mol. The Bertz CT molecular complexity index is 329. The van der Waals surface area contributed by atoms with E-state index >= 15 is 0 Å². The molecule has 1 fully saturated rings. The number of hydrogen-bond donors (Lipinski definition) is 0. The van der Waals surface area contributed by atoms with Crippen molar-refractivity contribution in [1.82, 2.24) is 0 Å². The molecule has 76 valence electrons. The zero-order valence-electron chi connectivity index (χ0n) is 8.61. The number of aryl methyl sites for hydroxylation is 1. The molecular formula is C11H14O3. The van der Waals surface area contributed by atoms with Crippen LogP contribution in [-0.4, -0.2) is 13.4 Å². The summed E-state index contributed by atoms with van der Waals surface area (Å²) in [5.74, 6) is 0.870. The van der Waals surface area contributed by atoms with Crippen LogP contribution < -0.4 is 4.74 Å². The molecule has 0 aromatic heterocycles. The Hall–Kier alpha value is -1.06. The van der Waals surface area contributed by atoms with Gasteiger partial charge in [0.1, 0.15) is 5.75 Å². The van der Waals surface area contributed by atoms with E-state index in [-0.39, 0.29) is 12.6 Å². The van der Waals surface area contributed by atoms with Crippen LogP contribution >= 0.6 is 0 Å². The van der Waals surface area contributed by atoms with E-state index in [1.807, 2.05) is 32.0 Å². The molecule has 1 saturated heterocycles. The first-order valence-corrected chi connectivity index (χ1v) is 4.66. The summed E-state index contributed by atoms with van der Waals surface area (Å²) in [4.78, 5) is 0. The molecule has 14 heavy (non-hydrogen) atoms. The number of benzene rings is 1. The molecule has 3 heteroatoms. The predicted octanol–water partition coefficient (Wildman–Crippen LogP) is 2.40. The topological polar surface area (TPSA) is 27.7 Å². The van der Waals surface area contributed by atoms with Gasteiger partial charge >= 0.3 is 0 Å². The molecule has 1 aromatic carbocycles. The summed E-state index contributed by atoms with van der Waals surface area (Å²) >= 11 is 0. The third-order valence-corrected chi connectivity index (χ3v) is 2.33. The molecule has 3 nitrogen and oxygen atoms in total. The molecule has 0 bridgehead atoms. The van der Waals surface area contributed by atoms with Crippen molar-refractivity contribution in [1.29, 1.82) is 0 Å². The van der Waals surface area contributed by atoms with E-state index in [0.29, 0.717) is 0 Å². The molecule has 1 aliphatic heterocycles. The third kappa shape index (κ3) is 1.61. The van der Waals surface area contributed by atoms with Gasteiger partial charge in [-0.1, -0.05) is 12.1 Å². The minimum atomic E-state index is -0.223. The highest BCUT2D eigenvalue weighted by atomic mass is 16.9. The van der Waals surface area contributed by atoms with E-state index in [4.69, 9.17) is 14.2 Å². The second-order valence-electron chi connectivity index (χ2n) is 3.40. The second kappa shape index (κ2) is 3.59. The molecule has 0 radical (unpaired) electrons. The van der Waals surface area contributed by atoms with E-state index in [0.717, 1.165) is 16.9 Å². The van der Waals surface area contributed by atoms with Crippen molar-refractivity contribution in [2.45, 2.75) is 26.4 Å². The number of ether oxygens (including phenoxy) is 3. The SMILES string of the molecule is COc1cc(C2OC(C)O2)ccc1C. The minimum Gasteiger partial charge on any atom is -0.496 e. The Balaban J connectivity index is 2.19. The van der Waals surface area contributed by atoms with Crippen LogP contribution in [0.1, 0.15) is 24.3 Å². The van der Waals surface area contributed by atoms with Gasteiger partial charge in [0.2, 0.25) is 0 Å². The van der Waals surface area contributed by atoms with E-state index in [1.54, 1.807) is 7.11 Å². The van der Waals surface area contributed by atoms with Crippen LogP contribution in [0.15, 0.2) is 18.2 Å². The molecule has 1 heterocycles. The predicted molar refractivity (Wildman–Crippen MR) is 52.1 cm³/mol. The summed E-state index contributed by atoms with van der Waals surface area (Å²) in [7, 11) is 1.66. The lowest BCUT2D eigenvalue weighted by Crippen LogP contribution is -2.31.